The molecule has 0 aromatic heterocycles. The zero-order valence-corrected chi connectivity index (χ0v) is 8.79. The summed E-state index contributed by atoms with van der Waals surface area (Å²) in [6.07, 6.45) is 0.186. The normalized spacial score (nSPS) is 13.5. The van der Waals surface area contributed by atoms with Crippen molar-refractivity contribution in [3.05, 3.63) is 0 Å². The molecule has 0 spiro atoms. The maximum atomic E-state index is 11.2. The van der Waals surface area contributed by atoms with Gasteiger partial charge in [0.25, 0.3) is 0 Å². The number of amides is 1. The van der Waals surface area contributed by atoms with Crippen LogP contribution >= 0.6 is 8.38 Å². The molecule has 0 aromatic rings. The van der Waals surface area contributed by atoms with Gasteiger partial charge in [0.1, 0.15) is 0 Å². The average Bonchev–Trinajstić information content (AvgIpc) is 2.02. The lowest BCUT2D eigenvalue weighted by molar-refractivity contribution is -0.123. The highest BCUT2D eigenvalue weighted by atomic mass is 31.2. The fourth-order valence-corrected chi connectivity index (χ4v) is 1.01. The highest BCUT2D eigenvalue weighted by Crippen LogP contribution is 2.20. The molecular weight excluding hydrogens is 191 g/mol. The van der Waals surface area contributed by atoms with Crippen LogP contribution in [0.15, 0.2) is 0 Å². The molecule has 0 saturated carbocycles. The number of nitrogens with two attached hydrogens (primary N) is 1. The molecule has 0 aliphatic heterocycles. The van der Waals surface area contributed by atoms with Crippen molar-refractivity contribution in [2.45, 2.75) is 19.9 Å². The van der Waals surface area contributed by atoms with Gasteiger partial charge in [0.2, 0.25) is 5.91 Å². The highest BCUT2D eigenvalue weighted by molar-refractivity contribution is 7.45. The molecule has 5 N–H and O–H groups in total. The van der Waals surface area contributed by atoms with E-state index in [9.17, 15) is 4.79 Å². The average molecular weight is 208 g/mol. The second-order valence-corrected chi connectivity index (χ2v) is 4.35. The summed E-state index contributed by atoms with van der Waals surface area (Å²) in [5, 5.41) is 2.53. The number of nitrogens with one attached hydrogen (secondary N) is 1. The van der Waals surface area contributed by atoms with Crippen LogP contribution < -0.4 is 11.1 Å². The zero-order chi connectivity index (χ0) is 10.4. The van der Waals surface area contributed by atoms with E-state index < -0.39 is 14.4 Å². The van der Waals surface area contributed by atoms with E-state index in [1.807, 2.05) is 13.8 Å². The van der Waals surface area contributed by atoms with Gasteiger partial charge in [-0.05, 0) is 5.92 Å². The monoisotopic (exact) mass is 208 g/mol. The smallest absolute Gasteiger partial charge is 0.237 e. The Hall–Kier alpha value is -0.220. The minimum absolute atomic E-state index is 0.0877. The predicted molar refractivity (Wildman–Crippen MR) is 52.0 cm³/mol. The molecule has 0 rings (SSSR count). The molecule has 5 nitrogen and oxygen atoms in total. The Morgan fingerprint density at radius 3 is 2.46 bits per heavy atom. The number of carbonyl (C=O) groups is 1. The summed E-state index contributed by atoms with van der Waals surface area (Å²) < 4.78 is 0. The van der Waals surface area contributed by atoms with Gasteiger partial charge in [-0.2, -0.15) is 0 Å². The lowest BCUT2D eigenvalue weighted by atomic mass is 10.1. The third-order valence-corrected chi connectivity index (χ3v) is 2.26. The fourth-order valence-electron chi connectivity index (χ4n) is 0.700. The summed E-state index contributed by atoms with van der Waals surface area (Å²) in [6.45, 7) is 3.97. The molecule has 0 bridgehead atoms. The molecule has 0 aliphatic rings. The molecule has 0 radical (unpaired) electrons. The maximum Gasteiger partial charge on any atom is 0.237 e. The van der Waals surface area contributed by atoms with Crippen LogP contribution in [0.2, 0.25) is 0 Å². The van der Waals surface area contributed by atoms with Crippen molar-refractivity contribution >= 4 is 14.3 Å². The van der Waals surface area contributed by atoms with Gasteiger partial charge in [0, 0.05) is 12.7 Å². The van der Waals surface area contributed by atoms with Crippen molar-refractivity contribution in [3.8, 4) is 0 Å². The van der Waals surface area contributed by atoms with Crippen LogP contribution in [0.4, 0.5) is 0 Å². The van der Waals surface area contributed by atoms with Crippen LogP contribution in [-0.2, 0) is 4.79 Å². The Balaban J connectivity index is 3.62. The van der Waals surface area contributed by atoms with Gasteiger partial charge < -0.3 is 20.8 Å². The van der Waals surface area contributed by atoms with Crippen LogP contribution in [0.1, 0.15) is 13.8 Å². The number of hydrogen-bond acceptors (Lipinski definition) is 4. The first-order valence-corrected chi connectivity index (χ1v) is 5.57. The number of carbonyl (C=O) groups excluding carboxylic acids is 1. The Kier molecular flexibility index (Phi) is 6.16. The van der Waals surface area contributed by atoms with E-state index in [2.05, 4.69) is 5.32 Å². The molecule has 78 valence electrons. The van der Waals surface area contributed by atoms with Gasteiger partial charge in [0.05, 0.1) is 6.04 Å². The van der Waals surface area contributed by atoms with Gasteiger partial charge >= 0.3 is 0 Å². The molecule has 0 aromatic carbocycles. The van der Waals surface area contributed by atoms with Crippen molar-refractivity contribution in [2.75, 3.05) is 12.7 Å². The molecule has 0 heterocycles. The molecule has 0 unspecified atom stereocenters. The molecule has 0 fully saturated rings. The van der Waals surface area contributed by atoms with E-state index in [4.69, 9.17) is 15.5 Å². The maximum absolute atomic E-state index is 11.2. The van der Waals surface area contributed by atoms with Crippen molar-refractivity contribution in [2.24, 2.45) is 11.7 Å². The quantitative estimate of drug-likeness (QED) is 0.453. The van der Waals surface area contributed by atoms with Crippen LogP contribution in [0.5, 0.6) is 0 Å². The molecule has 0 saturated heterocycles. The molecule has 13 heavy (non-hydrogen) atoms. The van der Waals surface area contributed by atoms with E-state index in [-0.39, 0.29) is 24.5 Å². The van der Waals surface area contributed by atoms with Crippen molar-refractivity contribution in [3.63, 3.8) is 0 Å². The molecular formula is C7H17N2O3P. The van der Waals surface area contributed by atoms with Gasteiger partial charge in [-0.25, -0.2) is 0 Å². The largest absolute Gasteiger partial charge is 0.354 e. The first kappa shape index (κ1) is 12.8. The Labute approximate surface area is 79.2 Å². The van der Waals surface area contributed by atoms with Gasteiger partial charge in [0.15, 0.2) is 8.38 Å². The Morgan fingerprint density at radius 1 is 1.54 bits per heavy atom. The topological polar surface area (TPSA) is 95.6 Å². The highest BCUT2D eigenvalue weighted by Gasteiger charge is 2.16. The van der Waals surface area contributed by atoms with E-state index in [0.717, 1.165) is 0 Å². The number of hydrogen-bond donors (Lipinski definition) is 4. The predicted octanol–water partition coefficient (Wildman–Crippen LogP) is -0.618. The van der Waals surface area contributed by atoms with Crippen LogP contribution in [0.3, 0.4) is 0 Å². The molecule has 0 aliphatic carbocycles. The van der Waals surface area contributed by atoms with Crippen molar-refractivity contribution < 1.29 is 14.6 Å². The lowest BCUT2D eigenvalue weighted by Gasteiger charge is -2.15. The van der Waals surface area contributed by atoms with Crippen LogP contribution in [0.25, 0.3) is 0 Å². The van der Waals surface area contributed by atoms with Gasteiger partial charge in [-0.3, -0.25) is 4.79 Å². The zero-order valence-electron chi connectivity index (χ0n) is 7.90. The summed E-state index contributed by atoms with van der Waals surface area (Å²) in [4.78, 5) is 28.3. The van der Waals surface area contributed by atoms with E-state index >= 15 is 0 Å². The summed E-state index contributed by atoms with van der Waals surface area (Å²) in [7, 11) is -1.92. The van der Waals surface area contributed by atoms with Crippen LogP contribution in [-0.4, -0.2) is 34.4 Å². The minimum atomic E-state index is -1.92. The van der Waals surface area contributed by atoms with E-state index in [1.54, 1.807) is 0 Å². The second kappa shape index (κ2) is 6.27. The Morgan fingerprint density at radius 2 is 2.08 bits per heavy atom. The summed E-state index contributed by atoms with van der Waals surface area (Å²) in [6, 6.07) is -0.524. The molecule has 1 atom stereocenters. The molecule has 6 heteroatoms. The summed E-state index contributed by atoms with van der Waals surface area (Å²) >= 11 is 0. The van der Waals surface area contributed by atoms with Crippen LogP contribution in [0, 0.1) is 5.92 Å². The summed E-state index contributed by atoms with van der Waals surface area (Å²) in [5.41, 5.74) is 5.55. The standard InChI is InChI=1S/C7H17N2O3P/c1-5(2)6(8)7(10)9-3-4-13(11)12/h5-6,11-12H,3-4,8H2,1-2H3,(H,9,10)/t6-/m0/s1. The first-order valence-electron chi connectivity index (χ1n) is 4.13. The molecule has 1 amide bonds. The first-order chi connectivity index (χ1) is 5.95. The summed E-state index contributed by atoms with van der Waals surface area (Å²) in [5.74, 6) is -0.156. The van der Waals surface area contributed by atoms with E-state index in [1.165, 1.54) is 0 Å². The number of rotatable bonds is 5. The van der Waals surface area contributed by atoms with E-state index in [0.29, 0.717) is 0 Å². The second-order valence-electron chi connectivity index (χ2n) is 3.16. The van der Waals surface area contributed by atoms with Gasteiger partial charge in [-0.1, -0.05) is 13.8 Å². The van der Waals surface area contributed by atoms with Gasteiger partial charge in [-0.15, -0.1) is 0 Å². The minimum Gasteiger partial charge on any atom is -0.354 e. The fraction of sp³-hybridized carbons (Fsp3) is 0.857. The Bertz CT molecular complexity index is 164. The van der Waals surface area contributed by atoms with Crippen molar-refractivity contribution in [1.82, 2.24) is 5.32 Å². The lowest BCUT2D eigenvalue weighted by Crippen LogP contribution is -2.44. The third-order valence-electron chi connectivity index (χ3n) is 1.63. The van der Waals surface area contributed by atoms with Crippen molar-refractivity contribution in [1.29, 1.82) is 0 Å². The SMILES string of the molecule is CC(C)[C@H](N)C(=O)NCCP(O)O. The third kappa shape index (κ3) is 5.93.